The molecule has 9 heteroatoms. The van der Waals surface area contributed by atoms with Crippen LogP contribution in [0, 0.1) is 0 Å². The first kappa shape index (κ1) is 22.5. The molecule has 2 aromatic carbocycles. The van der Waals surface area contributed by atoms with Crippen molar-refractivity contribution in [1.29, 1.82) is 0 Å². The van der Waals surface area contributed by atoms with Crippen LogP contribution in [-0.2, 0) is 13.0 Å². The number of aromatic nitrogens is 2. The summed E-state index contributed by atoms with van der Waals surface area (Å²) in [5.74, 6) is 0.232. The quantitative estimate of drug-likeness (QED) is 0.445. The Morgan fingerprint density at radius 1 is 1.12 bits per heavy atom. The van der Waals surface area contributed by atoms with Crippen LogP contribution in [-0.4, -0.2) is 39.2 Å². The molecule has 0 unspecified atom stereocenters. The van der Waals surface area contributed by atoms with E-state index >= 15 is 0 Å². The summed E-state index contributed by atoms with van der Waals surface area (Å²) in [4.78, 5) is 25.9. The lowest BCUT2D eigenvalue weighted by Gasteiger charge is -2.42. The number of para-hydroxylation sites is 1. The van der Waals surface area contributed by atoms with E-state index < -0.39 is 4.87 Å². The van der Waals surface area contributed by atoms with E-state index in [9.17, 15) is 4.79 Å². The average Bonchev–Trinajstić information content (AvgIpc) is 2.75. The molecule has 170 valence electrons. The van der Waals surface area contributed by atoms with Crippen molar-refractivity contribution in [2.45, 2.75) is 36.7 Å². The van der Waals surface area contributed by atoms with Gasteiger partial charge in [-0.2, -0.15) is 0 Å². The zero-order chi connectivity index (χ0) is 23.3. The van der Waals surface area contributed by atoms with Gasteiger partial charge in [-0.15, -0.1) is 0 Å². The van der Waals surface area contributed by atoms with Crippen molar-refractivity contribution >= 4 is 58.2 Å². The van der Waals surface area contributed by atoms with Gasteiger partial charge < -0.3 is 10.2 Å². The van der Waals surface area contributed by atoms with Crippen molar-refractivity contribution in [3.05, 3.63) is 69.3 Å². The third-order valence-electron chi connectivity index (χ3n) is 5.90. The summed E-state index contributed by atoms with van der Waals surface area (Å²) in [5, 5.41) is 4.77. The summed E-state index contributed by atoms with van der Waals surface area (Å²) in [5.41, 5.74) is 4.55. The monoisotopic (exact) mass is 499 g/mol. The van der Waals surface area contributed by atoms with Gasteiger partial charge in [0, 0.05) is 25.0 Å². The van der Waals surface area contributed by atoms with Crippen LogP contribution in [0.5, 0.6) is 0 Å². The predicted octanol–water partition coefficient (Wildman–Crippen LogP) is 6.00. The number of nitrogens with one attached hydrogen (secondary N) is 1. The standard InChI is InChI=1S/C24H23Cl2N5OS/c1-24(2)31(20-18(25)5-4-6-19(20)26)22(32)17-12-27-23(29-21(17)33-24)28-16-8-7-15-13-30(3)10-9-14(15)11-16/h4-8,11-12H,9-10,13H2,1-3H3,(H,27,28,29). The van der Waals surface area contributed by atoms with Crippen LogP contribution in [0.1, 0.15) is 35.3 Å². The highest BCUT2D eigenvalue weighted by Gasteiger charge is 2.42. The molecule has 1 N–H and O–H groups in total. The molecule has 2 aliphatic rings. The molecule has 0 atom stereocenters. The molecular formula is C24H23Cl2N5OS. The smallest absolute Gasteiger partial charge is 0.263 e. The van der Waals surface area contributed by atoms with Crippen molar-refractivity contribution < 1.29 is 4.79 Å². The molecule has 5 rings (SSSR count). The van der Waals surface area contributed by atoms with E-state index in [1.165, 1.54) is 22.9 Å². The maximum atomic E-state index is 13.5. The number of likely N-dealkylation sites (N-methyl/N-ethyl adjacent to an activating group) is 1. The molecule has 3 aromatic rings. The Labute approximate surface area is 207 Å². The van der Waals surface area contributed by atoms with E-state index in [-0.39, 0.29) is 5.91 Å². The average molecular weight is 500 g/mol. The van der Waals surface area contributed by atoms with Gasteiger partial charge in [0.15, 0.2) is 0 Å². The van der Waals surface area contributed by atoms with Crippen molar-refractivity contribution in [2.75, 3.05) is 23.8 Å². The van der Waals surface area contributed by atoms with E-state index in [1.807, 2.05) is 19.9 Å². The third-order valence-corrected chi connectivity index (χ3v) is 7.70. The molecule has 0 bridgehead atoms. The van der Waals surface area contributed by atoms with Crippen LogP contribution >= 0.6 is 35.0 Å². The largest absolute Gasteiger partial charge is 0.324 e. The molecule has 0 spiro atoms. The van der Waals surface area contributed by atoms with Crippen LogP contribution in [0.2, 0.25) is 10.0 Å². The molecule has 3 heterocycles. The molecule has 1 amide bonds. The second-order valence-electron chi connectivity index (χ2n) is 8.77. The molecule has 0 radical (unpaired) electrons. The van der Waals surface area contributed by atoms with Gasteiger partial charge in [0.05, 0.1) is 26.2 Å². The summed E-state index contributed by atoms with van der Waals surface area (Å²) < 4.78 is 0. The fourth-order valence-electron chi connectivity index (χ4n) is 4.27. The summed E-state index contributed by atoms with van der Waals surface area (Å²) in [6.45, 7) is 5.91. The lowest BCUT2D eigenvalue weighted by molar-refractivity contribution is 0.0969. The number of thioether (sulfide) groups is 1. The molecule has 0 aliphatic carbocycles. The number of nitrogens with zero attached hydrogens (tertiary/aromatic N) is 4. The van der Waals surface area contributed by atoms with Gasteiger partial charge in [-0.25, -0.2) is 9.97 Å². The molecule has 6 nitrogen and oxygen atoms in total. The number of carbonyl (C=O) groups is 1. The molecule has 0 saturated heterocycles. The van der Waals surface area contributed by atoms with Gasteiger partial charge in [0.1, 0.15) is 5.03 Å². The number of rotatable bonds is 3. The third kappa shape index (κ3) is 4.19. The van der Waals surface area contributed by atoms with Crippen LogP contribution < -0.4 is 10.2 Å². The van der Waals surface area contributed by atoms with E-state index in [2.05, 4.69) is 39.4 Å². The van der Waals surface area contributed by atoms with Crippen molar-refractivity contribution in [3.63, 3.8) is 0 Å². The number of halogens is 2. The Morgan fingerprint density at radius 3 is 2.64 bits per heavy atom. The van der Waals surface area contributed by atoms with Crippen LogP contribution in [0.15, 0.2) is 47.6 Å². The highest BCUT2D eigenvalue weighted by molar-refractivity contribution is 8.00. The van der Waals surface area contributed by atoms with E-state index in [1.54, 1.807) is 29.3 Å². The Morgan fingerprint density at radius 2 is 1.88 bits per heavy atom. The second kappa shape index (κ2) is 8.47. The lowest BCUT2D eigenvalue weighted by atomic mass is 9.99. The maximum absolute atomic E-state index is 13.5. The summed E-state index contributed by atoms with van der Waals surface area (Å²) in [6.07, 6.45) is 2.59. The number of benzene rings is 2. The molecule has 0 fully saturated rings. The Balaban J connectivity index is 1.45. The van der Waals surface area contributed by atoms with E-state index in [4.69, 9.17) is 23.2 Å². The Kier molecular flexibility index (Phi) is 5.77. The van der Waals surface area contributed by atoms with Gasteiger partial charge in [-0.05, 0) is 62.7 Å². The van der Waals surface area contributed by atoms with Gasteiger partial charge >= 0.3 is 0 Å². The highest BCUT2D eigenvalue weighted by Crippen LogP contribution is 2.48. The van der Waals surface area contributed by atoms with Gasteiger partial charge in [0.2, 0.25) is 5.95 Å². The molecule has 1 aromatic heterocycles. The predicted molar refractivity (Wildman–Crippen MR) is 135 cm³/mol. The minimum Gasteiger partial charge on any atom is -0.324 e. The minimum atomic E-state index is -0.651. The number of hydrogen-bond donors (Lipinski definition) is 1. The van der Waals surface area contributed by atoms with Crippen LogP contribution in [0.4, 0.5) is 17.3 Å². The van der Waals surface area contributed by atoms with Gasteiger partial charge in [-0.3, -0.25) is 9.69 Å². The van der Waals surface area contributed by atoms with Crippen LogP contribution in [0.3, 0.4) is 0 Å². The molecular weight excluding hydrogens is 477 g/mol. The fraction of sp³-hybridized carbons (Fsp3) is 0.292. The molecule has 33 heavy (non-hydrogen) atoms. The first-order valence-electron chi connectivity index (χ1n) is 10.6. The topological polar surface area (TPSA) is 61.4 Å². The first-order chi connectivity index (χ1) is 15.7. The normalized spacial score (nSPS) is 17.5. The SMILES string of the molecule is CN1CCc2cc(Nc3ncc4c(n3)SC(C)(C)N(c3c(Cl)cccc3Cl)C4=O)ccc2C1. The second-order valence-corrected chi connectivity index (χ2v) is 11.2. The number of carbonyl (C=O) groups excluding carboxylic acids is 1. The number of fused-ring (bicyclic) bond motifs is 2. The zero-order valence-corrected chi connectivity index (χ0v) is 20.9. The fourth-order valence-corrected chi connectivity index (χ4v) is 5.96. The summed E-state index contributed by atoms with van der Waals surface area (Å²) in [6, 6.07) is 11.6. The summed E-state index contributed by atoms with van der Waals surface area (Å²) >= 11 is 14.3. The molecule has 0 saturated carbocycles. The van der Waals surface area contributed by atoms with Crippen molar-refractivity contribution in [1.82, 2.24) is 14.9 Å². The highest BCUT2D eigenvalue weighted by atomic mass is 35.5. The first-order valence-corrected chi connectivity index (χ1v) is 12.2. The summed E-state index contributed by atoms with van der Waals surface area (Å²) in [7, 11) is 2.14. The minimum absolute atomic E-state index is 0.229. The number of anilines is 3. The lowest BCUT2D eigenvalue weighted by Crippen LogP contribution is -2.49. The molecule has 2 aliphatic heterocycles. The van der Waals surface area contributed by atoms with E-state index in [0.717, 1.165) is 25.2 Å². The zero-order valence-electron chi connectivity index (χ0n) is 18.5. The number of amides is 1. The van der Waals surface area contributed by atoms with Crippen molar-refractivity contribution in [3.8, 4) is 0 Å². The van der Waals surface area contributed by atoms with Gasteiger partial charge in [0.25, 0.3) is 5.91 Å². The van der Waals surface area contributed by atoms with Crippen LogP contribution in [0.25, 0.3) is 0 Å². The Bertz CT molecular complexity index is 1250. The maximum Gasteiger partial charge on any atom is 0.263 e. The van der Waals surface area contributed by atoms with Crippen molar-refractivity contribution in [2.24, 2.45) is 0 Å². The Hall–Kier alpha value is -2.32. The van der Waals surface area contributed by atoms with E-state index in [0.29, 0.717) is 32.3 Å². The number of hydrogen-bond acceptors (Lipinski definition) is 6. The van der Waals surface area contributed by atoms with Gasteiger partial charge in [-0.1, -0.05) is 47.1 Å².